The number of hydrogen-bond acceptors (Lipinski definition) is 4. The molecule has 2 aromatic rings. The molecule has 10 heteroatoms. The van der Waals surface area contributed by atoms with Crippen molar-refractivity contribution < 1.29 is 13.2 Å². The predicted molar refractivity (Wildman–Crippen MR) is 106 cm³/mol. The van der Waals surface area contributed by atoms with E-state index in [0.29, 0.717) is 5.02 Å². The number of nitrogens with zero attached hydrogens (tertiary/aromatic N) is 2. The van der Waals surface area contributed by atoms with Crippen molar-refractivity contribution in [2.24, 2.45) is 5.10 Å². The van der Waals surface area contributed by atoms with Crippen LogP contribution in [0.4, 0.5) is 5.69 Å². The lowest BCUT2D eigenvalue weighted by Crippen LogP contribution is -2.39. The van der Waals surface area contributed by atoms with Gasteiger partial charge in [0.1, 0.15) is 6.54 Å². The number of hydrazone groups is 1. The van der Waals surface area contributed by atoms with Gasteiger partial charge < -0.3 is 0 Å². The summed E-state index contributed by atoms with van der Waals surface area (Å²) in [7, 11) is -3.72. The SMILES string of the molecule is CS(=O)(=O)N(CC(=O)N/N=C\c1ccc(Cl)cc1)c1ccc(Cl)c(Cl)c1. The van der Waals surface area contributed by atoms with Gasteiger partial charge >= 0.3 is 0 Å². The van der Waals surface area contributed by atoms with Crippen LogP contribution in [0.3, 0.4) is 0 Å². The molecule has 1 N–H and O–H groups in total. The molecule has 0 atom stereocenters. The highest BCUT2D eigenvalue weighted by Gasteiger charge is 2.21. The third-order valence-electron chi connectivity index (χ3n) is 3.15. The van der Waals surface area contributed by atoms with Crippen molar-refractivity contribution in [1.29, 1.82) is 0 Å². The molecule has 0 spiro atoms. The molecule has 0 saturated heterocycles. The number of amides is 1. The lowest BCUT2D eigenvalue weighted by atomic mass is 10.2. The Labute approximate surface area is 166 Å². The minimum absolute atomic E-state index is 0.180. The largest absolute Gasteiger partial charge is 0.271 e. The molecule has 0 unspecified atom stereocenters. The topological polar surface area (TPSA) is 78.8 Å². The number of anilines is 1. The van der Waals surface area contributed by atoms with Gasteiger partial charge in [-0.3, -0.25) is 9.10 Å². The zero-order valence-corrected chi connectivity index (χ0v) is 16.6. The number of carbonyl (C=O) groups excluding carboxylic acids is 1. The van der Waals surface area contributed by atoms with Gasteiger partial charge in [-0.15, -0.1) is 0 Å². The number of sulfonamides is 1. The van der Waals surface area contributed by atoms with Crippen LogP contribution in [0.1, 0.15) is 5.56 Å². The fourth-order valence-electron chi connectivity index (χ4n) is 1.93. The molecule has 1 amide bonds. The quantitative estimate of drug-likeness (QED) is 0.558. The molecule has 0 bridgehead atoms. The van der Waals surface area contributed by atoms with E-state index in [9.17, 15) is 13.2 Å². The van der Waals surface area contributed by atoms with Crippen LogP contribution in [-0.2, 0) is 14.8 Å². The van der Waals surface area contributed by atoms with Crippen LogP contribution in [0.25, 0.3) is 0 Å². The lowest BCUT2D eigenvalue weighted by molar-refractivity contribution is -0.119. The van der Waals surface area contributed by atoms with E-state index in [0.717, 1.165) is 16.1 Å². The summed E-state index contributed by atoms with van der Waals surface area (Å²) in [5.74, 6) is -0.619. The van der Waals surface area contributed by atoms with Crippen LogP contribution in [0, 0.1) is 0 Å². The minimum Gasteiger partial charge on any atom is -0.271 e. The fraction of sp³-hybridized carbons (Fsp3) is 0.125. The molecule has 0 aliphatic rings. The first kappa shape index (κ1) is 20.5. The van der Waals surface area contributed by atoms with Crippen molar-refractivity contribution in [3.05, 3.63) is 63.1 Å². The molecule has 0 aliphatic heterocycles. The molecule has 138 valence electrons. The number of halogens is 3. The van der Waals surface area contributed by atoms with Gasteiger partial charge in [-0.05, 0) is 35.9 Å². The summed E-state index contributed by atoms with van der Waals surface area (Å²) in [6, 6.07) is 11.1. The molecular weight excluding hydrogens is 421 g/mol. The Morgan fingerprint density at radius 2 is 1.77 bits per heavy atom. The van der Waals surface area contributed by atoms with E-state index in [1.165, 1.54) is 24.4 Å². The Hall–Kier alpha value is -1.80. The fourth-order valence-corrected chi connectivity index (χ4v) is 3.20. The van der Waals surface area contributed by atoms with Crippen LogP contribution in [0.5, 0.6) is 0 Å². The van der Waals surface area contributed by atoms with Crippen LogP contribution >= 0.6 is 34.8 Å². The van der Waals surface area contributed by atoms with Gasteiger partial charge in [-0.2, -0.15) is 5.10 Å². The highest BCUT2D eigenvalue weighted by molar-refractivity contribution is 7.92. The molecule has 0 heterocycles. The Bertz CT molecular complexity index is 932. The molecular formula is C16H14Cl3N3O3S. The molecule has 2 rings (SSSR count). The maximum Gasteiger partial charge on any atom is 0.260 e. The van der Waals surface area contributed by atoms with E-state index >= 15 is 0 Å². The molecule has 26 heavy (non-hydrogen) atoms. The third-order valence-corrected chi connectivity index (χ3v) is 5.28. The summed E-state index contributed by atoms with van der Waals surface area (Å²) in [5.41, 5.74) is 3.22. The smallest absolute Gasteiger partial charge is 0.260 e. The first-order valence-corrected chi connectivity index (χ1v) is 10.2. The molecule has 0 radical (unpaired) electrons. The normalized spacial score (nSPS) is 11.5. The first-order chi connectivity index (χ1) is 12.2. The zero-order valence-electron chi connectivity index (χ0n) is 13.5. The van der Waals surface area contributed by atoms with Crippen LogP contribution in [0.2, 0.25) is 15.1 Å². The van der Waals surface area contributed by atoms with E-state index in [2.05, 4.69) is 10.5 Å². The first-order valence-electron chi connectivity index (χ1n) is 7.17. The predicted octanol–water partition coefficient (Wildman–Crippen LogP) is 3.56. The molecule has 6 nitrogen and oxygen atoms in total. The molecule has 0 fully saturated rings. The summed E-state index contributed by atoms with van der Waals surface area (Å²) in [5, 5.41) is 4.83. The highest BCUT2D eigenvalue weighted by Crippen LogP contribution is 2.28. The second-order valence-corrected chi connectivity index (χ2v) is 8.37. The molecule has 0 aromatic heterocycles. The minimum atomic E-state index is -3.72. The van der Waals surface area contributed by atoms with Crippen molar-refractivity contribution in [3.8, 4) is 0 Å². The summed E-state index contributed by atoms with van der Waals surface area (Å²) >= 11 is 17.5. The lowest BCUT2D eigenvalue weighted by Gasteiger charge is -2.21. The van der Waals surface area contributed by atoms with Crippen molar-refractivity contribution >= 4 is 62.6 Å². The van der Waals surface area contributed by atoms with E-state index in [1.807, 2.05) is 0 Å². The second-order valence-electron chi connectivity index (χ2n) is 5.21. The van der Waals surface area contributed by atoms with Gasteiger partial charge in [0, 0.05) is 5.02 Å². The zero-order chi connectivity index (χ0) is 19.3. The molecule has 0 aliphatic carbocycles. The monoisotopic (exact) mass is 433 g/mol. The second kappa shape index (κ2) is 8.73. The Balaban J connectivity index is 2.09. The van der Waals surface area contributed by atoms with Crippen LogP contribution in [-0.4, -0.2) is 33.3 Å². The average molecular weight is 435 g/mol. The van der Waals surface area contributed by atoms with E-state index in [-0.39, 0.29) is 15.7 Å². The van der Waals surface area contributed by atoms with Gasteiger partial charge in [-0.1, -0.05) is 46.9 Å². The average Bonchev–Trinajstić information content (AvgIpc) is 2.56. The highest BCUT2D eigenvalue weighted by atomic mass is 35.5. The van der Waals surface area contributed by atoms with Crippen molar-refractivity contribution in [2.45, 2.75) is 0 Å². The maximum atomic E-state index is 12.1. The van der Waals surface area contributed by atoms with Crippen LogP contribution < -0.4 is 9.73 Å². The summed E-state index contributed by atoms with van der Waals surface area (Å²) in [4.78, 5) is 12.1. The summed E-state index contributed by atoms with van der Waals surface area (Å²) < 4.78 is 24.9. The van der Waals surface area contributed by atoms with Gasteiger partial charge in [0.05, 0.1) is 28.2 Å². The number of nitrogens with one attached hydrogen (secondary N) is 1. The number of rotatable bonds is 6. The van der Waals surface area contributed by atoms with Crippen molar-refractivity contribution in [2.75, 3.05) is 17.1 Å². The summed E-state index contributed by atoms with van der Waals surface area (Å²) in [6.07, 6.45) is 2.40. The van der Waals surface area contributed by atoms with E-state index in [1.54, 1.807) is 24.3 Å². The van der Waals surface area contributed by atoms with Crippen LogP contribution in [0.15, 0.2) is 47.6 Å². The number of carbonyl (C=O) groups is 1. The Kier molecular flexibility index (Phi) is 6.88. The van der Waals surface area contributed by atoms with Crippen molar-refractivity contribution in [1.82, 2.24) is 5.43 Å². The standard InChI is InChI=1S/C16H14Cl3N3O3S/c1-26(24,25)22(13-6-7-14(18)15(19)8-13)10-16(23)21-20-9-11-2-4-12(17)5-3-11/h2-9H,10H2,1H3,(H,21,23)/b20-9-. The third kappa shape index (κ3) is 5.88. The number of benzene rings is 2. The van der Waals surface area contributed by atoms with Crippen molar-refractivity contribution in [3.63, 3.8) is 0 Å². The Morgan fingerprint density at radius 3 is 2.35 bits per heavy atom. The Morgan fingerprint density at radius 1 is 1.12 bits per heavy atom. The van der Waals surface area contributed by atoms with Gasteiger partial charge in [0.25, 0.3) is 5.91 Å². The van der Waals surface area contributed by atoms with Gasteiger partial charge in [-0.25, -0.2) is 13.8 Å². The van der Waals surface area contributed by atoms with E-state index in [4.69, 9.17) is 34.8 Å². The van der Waals surface area contributed by atoms with Gasteiger partial charge in [0.2, 0.25) is 10.0 Å². The molecule has 2 aromatic carbocycles. The van der Waals surface area contributed by atoms with E-state index < -0.39 is 22.5 Å². The summed E-state index contributed by atoms with van der Waals surface area (Å²) in [6.45, 7) is -0.464. The maximum absolute atomic E-state index is 12.1. The number of hydrogen-bond donors (Lipinski definition) is 1. The van der Waals surface area contributed by atoms with Gasteiger partial charge in [0.15, 0.2) is 0 Å². The molecule has 0 saturated carbocycles.